The number of nitrogens with two attached hydrogens (primary N) is 1. The number of nitrogens with zero attached hydrogens (tertiary/aromatic N) is 3. The fourth-order valence-electron chi connectivity index (χ4n) is 0.865. The van der Waals surface area contributed by atoms with Crippen molar-refractivity contribution in [3.63, 3.8) is 0 Å². The summed E-state index contributed by atoms with van der Waals surface area (Å²) in [4.78, 5) is 0. The first-order valence-electron chi connectivity index (χ1n) is 3.23. The lowest BCUT2D eigenvalue weighted by Gasteiger charge is -2.02. The van der Waals surface area contributed by atoms with Crippen molar-refractivity contribution in [3.8, 4) is 0 Å². The lowest BCUT2D eigenvalue weighted by atomic mass is 10.4. The van der Waals surface area contributed by atoms with Gasteiger partial charge >= 0.3 is 0 Å². The van der Waals surface area contributed by atoms with Crippen LogP contribution in [0.1, 0.15) is 5.69 Å². The van der Waals surface area contributed by atoms with E-state index in [1.807, 2.05) is 13.1 Å². The van der Waals surface area contributed by atoms with Gasteiger partial charge in [0.2, 0.25) is 0 Å². The molecule has 0 aromatic carbocycles. The molecule has 0 saturated heterocycles. The molecule has 0 amide bonds. The van der Waals surface area contributed by atoms with Crippen LogP contribution in [0.5, 0.6) is 0 Å². The SMILES string of the molecule is CN/C(=N\N)c1ccnn1C. The van der Waals surface area contributed by atoms with E-state index >= 15 is 0 Å². The van der Waals surface area contributed by atoms with Crippen LogP contribution < -0.4 is 11.2 Å². The maximum Gasteiger partial charge on any atom is 0.170 e. The average Bonchev–Trinajstić information content (AvgIpc) is 2.40. The number of hydrogen-bond acceptors (Lipinski definition) is 3. The molecule has 1 rings (SSSR count). The van der Waals surface area contributed by atoms with Crippen molar-refractivity contribution >= 4 is 5.84 Å². The van der Waals surface area contributed by atoms with Gasteiger partial charge in [-0.25, -0.2) is 0 Å². The molecular weight excluding hydrogens is 142 g/mol. The summed E-state index contributed by atoms with van der Waals surface area (Å²) in [5, 5.41) is 10.4. The van der Waals surface area contributed by atoms with E-state index in [2.05, 4.69) is 15.5 Å². The predicted molar refractivity (Wildman–Crippen MR) is 43.0 cm³/mol. The first kappa shape index (κ1) is 7.59. The van der Waals surface area contributed by atoms with Gasteiger partial charge in [0.05, 0.1) is 0 Å². The zero-order chi connectivity index (χ0) is 8.27. The number of amidine groups is 1. The van der Waals surface area contributed by atoms with Gasteiger partial charge in [-0.05, 0) is 6.07 Å². The van der Waals surface area contributed by atoms with Gasteiger partial charge in [0.15, 0.2) is 5.84 Å². The van der Waals surface area contributed by atoms with Crippen molar-refractivity contribution in [1.82, 2.24) is 15.1 Å². The van der Waals surface area contributed by atoms with Crippen LogP contribution in [0.25, 0.3) is 0 Å². The van der Waals surface area contributed by atoms with Gasteiger partial charge in [-0.2, -0.15) is 10.2 Å². The highest BCUT2D eigenvalue weighted by molar-refractivity contribution is 5.96. The second-order valence-electron chi connectivity index (χ2n) is 2.07. The summed E-state index contributed by atoms with van der Waals surface area (Å²) < 4.78 is 1.70. The van der Waals surface area contributed by atoms with E-state index in [0.717, 1.165) is 5.69 Å². The van der Waals surface area contributed by atoms with Gasteiger partial charge in [0.25, 0.3) is 0 Å². The minimum absolute atomic E-state index is 0.630. The van der Waals surface area contributed by atoms with Crippen LogP contribution in [0.15, 0.2) is 17.4 Å². The average molecular weight is 153 g/mol. The summed E-state index contributed by atoms with van der Waals surface area (Å²) in [6.07, 6.45) is 1.69. The van der Waals surface area contributed by atoms with E-state index in [-0.39, 0.29) is 0 Å². The van der Waals surface area contributed by atoms with Crippen LogP contribution >= 0.6 is 0 Å². The Morgan fingerprint density at radius 3 is 2.91 bits per heavy atom. The number of nitrogens with one attached hydrogen (secondary N) is 1. The van der Waals surface area contributed by atoms with E-state index in [0.29, 0.717) is 5.84 Å². The first-order valence-corrected chi connectivity index (χ1v) is 3.23. The Balaban J connectivity index is 3.00. The molecule has 0 aliphatic rings. The molecule has 0 unspecified atom stereocenters. The van der Waals surface area contributed by atoms with Gasteiger partial charge in [-0.15, -0.1) is 0 Å². The lowest BCUT2D eigenvalue weighted by Crippen LogP contribution is -2.23. The normalized spacial score (nSPS) is 11.6. The smallest absolute Gasteiger partial charge is 0.170 e. The molecule has 11 heavy (non-hydrogen) atoms. The highest BCUT2D eigenvalue weighted by Crippen LogP contribution is 1.95. The summed E-state index contributed by atoms with van der Waals surface area (Å²) in [6.45, 7) is 0. The maximum atomic E-state index is 5.13. The molecule has 1 aromatic rings. The molecule has 0 spiro atoms. The van der Waals surface area contributed by atoms with Gasteiger partial charge in [0.1, 0.15) is 5.69 Å². The van der Waals surface area contributed by atoms with E-state index < -0.39 is 0 Å². The van der Waals surface area contributed by atoms with Crippen LogP contribution in [0, 0.1) is 0 Å². The summed E-state index contributed by atoms with van der Waals surface area (Å²) in [6, 6.07) is 1.84. The first-order chi connectivity index (χ1) is 5.29. The third kappa shape index (κ3) is 1.31. The summed E-state index contributed by atoms with van der Waals surface area (Å²) in [5.74, 6) is 5.76. The molecule has 1 aromatic heterocycles. The maximum absolute atomic E-state index is 5.13. The topological polar surface area (TPSA) is 68.2 Å². The standard InChI is InChI=1S/C6H11N5/c1-8-6(10-7)5-3-4-9-11(5)2/h3-4H,7H2,1-2H3,(H,8,10). The molecule has 5 nitrogen and oxygen atoms in total. The second kappa shape index (κ2) is 3.05. The van der Waals surface area contributed by atoms with Crippen LogP contribution in [0.3, 0.4) is 0 Å². The number of hydrazone groups is 1. The number of aromatic nitrogens is 2. The van der Waals surface area contributed by atoms with Crippen molar-refractivity contribution in [3.05, 3.63) is 18.0 Å². The second-order valence-corrected chi connectivity index (χ2v) is 2.07. The third-order valence-electron chi connectivity index (χ3n) is 1.43. The molecule has 0 aliphatic carbocycles. The fourth-order valence-corrected chi connectivity index (χ4v) is 0.865. The van der Waals surface area contributed by atoms with Crippen molar-refractivity contribution in [2.24, 2.45) is 18.0 Å². The molecule has 0 atom stereocenters. The van der Waals surface area contributed by atoms with E-state index in [1.54, 1.807) is 17.9 Å². The summed E-state index contributed by atoms with van der Waals surface area (Å²) >= 11 is 0. The van der Waals surface area contributed by atoms with Crippen LogP contribution in [0.2, 0.25) is 0 Å². The van der Waals surface area contributed by atoms with Gasteiger partial charge in [0, 0.05) is 20.3 Å². The molecule has 3 N–H and O–H groups in total. The number of rotatable bonds is 1. The van der Waals surface area contributed by atoms with Gasteiger partial charge < -0.3 is 11.2 Å². The van der Waals surface area contributed by atoms with Crippen LogP contribution in [-0.2, 0) is 7.05 Å². The molecule has 60 valence electrons. The van der Waals surface area contributed by atoms with E-state index in [4.69, 9.17) is 5.84 Å². The highest BCUT2D eigenvalue weighted by Gasteiger charge is 2.03. The zero-order valence-electron chi connectivity index (χ0n) is 6.57. The Morgan fingerprint density at radius 1 is 1.82 bits per heavy atom. The molecule has 0 saturated carbocycles. The fraction of sp³-hybridized carbons (Fsp3) is 0.333. The number of hydrogen-bond donors (Lipinski definition) is 2. The Labute approximate surface area is 64.9 Å². The van der Waals surface area contributed by atoms with Gasteiger partial charge in [-0.1, -0.05) is 0 Å². The molecule has 0 fully saturated rings. The van der Waals surface area contributed by atoms with E-state index in [1.165, 1.54) is 0 Å². The molecule has 0 bridgehead atoms. The predicted octanol–water partition coefficient (Wildman–Crippen LogP) is -0.740. The lowest BCUT2D eigenvalue weighted by molar-refractivity contribution is 0.755. The summed E-state index contributed by atoms with van der Waals surface area (Å²) in [5.41, 5.74) is 0.870. The minimum Gasteiger partial charge on any atom is -0.370 e. The van der Waals surface area contributed by atoms with Crippen LogP contribution in [-0.4, -0.2) is 22.7 Å². The van der Waals surface area contributed by atoms with Crippen molar-refractivity contribution in [2.45, 2.75) is 0 Å². The molecule has 5 heteroatoms. The Kier molecular flexibility index (Phi) is 2.10. The largest absolute Gasteiger partial charge is 0.370 e. The zero-order valence-corrected chi connectivity index (χ0v) is 6.57. The molecule has 0 aliphatic heterocycles. The van der Waals surface area contributed by atoms with Crippen molar-refractivity contribution < 1.29 is 0 Å². The minimum atomic E-state index is 0.630. The molecular formula is C6H11N5. The number of aryl methyl sites for hydroxylation is 1. The third-order valence-corrected chi connectivity index (χ3v) is 1.43. The van der Waals surface area contributed by atoms with E-state index in [9.17, 15) is 0 Å². The Hall–Kier alpha value is -1.52. The van der Waals surface area contributed by atoms with Crippen LogP contribution in [0.4, 0.5) is 0 Å². The highest BCUT2D eigenvalue weighted by atomic mass is 15.3. The monoisotopic (exact) mass is 153 g/mol. The van der Waals surface area contributed by atoms with Gasteiger partial charge in [-0.3, -0.25) is 4.68 Å². The summed E-state index contributed by atoms with van der Waals surface area (Å²) in [7, 11) is 3.59. The van der Waals surface area contributed by atoms with Crippen molar-refractivity contribution in [1.29, 1.82) is 0 Å². The molecule has 0 radical (unpaired) electrons. The quantitative estimate of drug-likeness (QED) is 0.242. The van der Waals surface area contributed by atoms with Crippen molar-refractivity contribution in [2.75, 3.05) is 7.05 Å². The Bertz CT molecular complexity index is 262. The Morgan fingerprint density at radius 2 is 2.55 bits per heavy atom. The molecule has 1 heterocycles.